The largest absolute Gasteiger partial charge is 0.492 e. The number of benzene rings is 3. The molecule has 0 aliphatic carbocycles. The molecule has 0 spiro atoms. The maximum absolute atomic E-state index is 13.7. The van der Waals surface area contributed by atoms with Gasteiger partial charge in [0.1, 0.15) is 12.3 Å². The lowest BCUT2D eigenvalue weighted by molar-refractivity contribution is -0.119. The van der Waals surface area contributed by atoms with Crippen LogP contribution < -0.4 is 14.5 Å². The van der Waals surface area contributed by atoms with Crippen molar-refractivity contribution in [3.05, 3.63) is 105 Å². The van der Waals surface area contributed by atoms with Crippen LogP contribution in [-0.4, -0.2) is 38.3 Å². The summed E-state index contributed by atoms with van der Waals surface area (Å²) in [6, 6.07) is 19.6. The van der Waals surface area contributed by atoms with Gasteiger partial charge >= 0.3 is 0 Å². The van der Waals surface area contributed by atoms with Gasteiger partial charge < -0.3 is 9.30 Å². The first-order chi connectivity index (χ1) is 19.5. The number of sulfonamides is 1. The third-order valence-corrected chi connectivity index (χ3v) is 8.91. The summed E-state index contributed by atoms with van der Waals surface area (Å²) in [4.78, 5) is 13.0. The number of anilines is 1. The first kappa shape index (κ1) is 30.5. The lowest BCUT2D eigenvalue weighted by Gasteiger charge is -2.25. The highest BCUT2D eigenvalue weighted by Crippen LogP contribution is 2.33. The van der Waals surface area contributed by atoms with E-state index in [4.69, 9.17) is 39.5 Å². The highest BCUT2D eigenvalue weighted by Gasteiger charge is 2.29. The molecular weight excluding hydrogens is 607 g/mol. The van der Waals surface area contributed by atoms with Crippen LogP contribution in [0.3, 0.4) is 0 Å². The Kier molecular flexibility index (Phi) is 9.65. The van der Waals surface area contributed by atoms with E-state index in [1.165, 1.54) is 30.5 Å². The third-order valence-electron chi connectivity index (χ3n) is 6.15. The maximum Gasteiger partial charge on any atom is 0.264 e. The summed E-state index contributed by atoms with van der Waals surface area (Å²) >= 11 is 18.2. The number of carbonyl (C=O) groups excluding carboxylic acids is 1. The first-order valence-corrected chi connectivity index (χ1v) is 15.1. The Morgan fingerprint density at radius 3 is 2.39 bits per heavy atom. The minimum atomic E-state index is -4.17. The summed E-state index contributed by atoms with van der Waals surface area (Å²) in [5.41, 5.74) is 6.01. The summed E-state index contributed by atoms with van der Waals surface area (Å²) in [5.74, 6) is -0.332. The van der Waals surface area contributed by atoms with Gasteiger partial charge in [-0.3, -0.25) is 9.10 Å². The van der Waals surface area contributed by atoms with Crippen molar-refractivity contribution in [1.82, 2.24) is 9.99 Å². The van der Waals surface area contributed by atoms with Crippen LogP contribution in [0, 0.1) is 13.8 Å². The molecule has 3 aromatic carbocycles. The molecule has 4 aromatic rings. The highest BCUT2D eigenvalue weighted by molar-refractivity contribution is 7.92. The van der Waals surface area contributed by atoms with Gasteiger partial charge in [-0.2, -0.15) is 5.10 Å². The topological polar surface area (TPSA) is 93.0 Å². The van der Waals surface area contributed by atoms with Crippen LogP contribution in [0.5, 0.6) is 5.75 Å². The number of hydrogen-bond donors (Lipinski definition) is 1. The molecule has 1 N–H and O–H groups in total. The van der Waals surface area contributed by atoms with Crippen LogP contribution in [0.4, 0.5) is 5.69 Å². The zero-order valence-electron chi connectivity index (χ0n) is 22.4. The lowest BCUT2D eigenvalue weighted by atomic mass is 10.2. The quantitative estimate of drug-likeness (QED) is 0.154. The number of aryl methyl sites for hydroxylation is 1. The number of nitrogens with zero attached hydrogens (tertiary/aromatic N) is 3. The average Bonchev–Trinajstić information content (AvgIpc) is 3.22. The number of nitrogens with one attached hydrogen (secondary N) is 1. The fourth-order valence-corrected chi connectivity index (χ4v) is 6.10. The molecule has 4 rings (SSSR count). The minimum Gasteiger partial charge on any atom is -0.492 e. The Labute approximate surface area is 254 Å². The molecule has 0 bridgehead atoms. The smallest absolute Gasteiger partial charge is 0.264 e. The second-order valence-electron chi connectivity index (χ2n) is 8.92. The van der Waals surface area contributed by atoms with E-state index in [2.05, 4.69) is 10.5 Å². The van der Waals surface area contributed by atoms with E-state index in [1.54, 1.807) is 43.3 Å². The number of halogens is 3. The Bertz CT molecular complexity index is 1700. The van der Waals surface area contributed by atoms with Gasteiger partial charge in [0.25, 0.3) is 15.9 Å². The van der Waals surface area contributed by atoms with Crippen molar-refractivity contribution in [1.29, 1.82) is 0 Å². The van der Waals surface area contributed by atoms with E-state index in [0.29, 0.717) is 27.4 Å². The van der Waals surface area contributed by atoms with E-state index >= 15 is 0 Å². The number of rotatable bonds is 10. The molecule has 0 radical (unpaired) electrons. The molecule has 8 nitrogen and oxygen atoms in total. The van der Waals surface area contributed by atoms with Crippen LogP contribution in [0.1, 0.15) is 23.9 Å². The zero-order chi connectivity index (χ0) is 29.7. The van der Waals surface area contributed by atoms with Crippen LogP contribution in [-0.2, 0) is 14.8 Å². The monoisotopic (exact) mass is 632 g/mol. The minimum absolute atomic E-state index is 0.0285. The molecule has 1 heterocycles. The number of amides is 1. The van der Waals surface area contributed by atoms with Crippen LogP contribution in [0.15, 0.2) is 82.8 Å². The van der Waals surface area contributed by atoms with E-state index in [1.807, 2.05) is 30.5 Å². The molecule has 0 unspecified atom stereocenters. The van der Waals surface area contributed by atoms with Crippen molar-refractivity contribution in [2.45, 2.75) is 25.7 Å². The van der Waals surface area contributed by atoms with E-state index in [9.17, 15) is 13.2 Å². The summed E-state index contributed by atoms with van der Waals surface area (Å²) in [6.45, 7) is 5.39. The number of carbonyl (C=O) groups is 1. The van der Waals surface area contributed by atoms with Gasteiger partial charge in [0.15, 0.2) is 0 Å². The standard InChI is InChI=1S/C29H27Cl3N4O4S/c1-4-40-28-8-6-5-7-27(28)35(41(38,39)24-12-9-22(30)10-13-24)18-29(37)34-33-17-21-15-19(2)36(20(21)3)23-11-14-25(31)26(32)16-23/h5-17H,4,18H2,1-3H3,(H,34,37)/b33-17-. The summed E-state index contributed by atoms with van der Waals surface area (Å²) in [7, 11) is -4.17. The summed E-state index contributed by atoms with van der Waals surface area (Å²) < 4.78 is 36.0. The zero-order valence-corrected chi connectivity index (χ0v) is 25.5. The van der Waals surface area contributed by atoms with Crippen molar-refractivity contribution in [3.8, 4) is 11.4 Å². The highest BCUT2D eigenvalue weighted by atomic mass is 35.5. The van der Waals surface area contributed by atoms with E-state index < -0.39 is 22.5 Å². The number of hydrazone groups is 1. The third kappa shape index (κ3) is 6.87. The first-order valence-electron chi connectivity index (χ1n) is 12.5. The van der Waals surface area contributed by atoms with Gasteiger partial charge in [-0.25, -0.2) is 13.8 Å². The fourth-order valence-electron chi connectivity index (χ4n) is 4.25. The Morgan fingerprint density at radius 1 is 1.00 bits per heavy atom. The SMILES string of the molecule is CCOc1ccccc1N(CC(=O)N/N=C\c1cc(C)n(-c2ccc(Cl)c(Cl)c2)c1C)S(=O)(=O)c1ccc(Cl)cc1. The van der Waals surface area contributed by atoms with Gasteiger partial charge in [-0.05, 0) is 81.4 Å². The van der Waals surface area contributed by atoms with Crippen molar-refractivity contribution in [3.63, 3.8) is 0 Å². The van der Waals surface area contributed by atoms with Crippen LogP contribution >= 0.6 is 34.8 Å². The molecule has 0 saturated carbocycles. The molecule has 1 aromatic heterocycles. The Morgan fingerprint density at radius 2 is 1.71 bits per heavy atom. The van der Waals surface area contributed by atoms with Crippen LogP contribution in [0.2, 0.25) is 15.1 Å². The molecular formula is C29H27Cl3N4O4S. The Balaban J connectivity index is 1.59. The maximum atomic E-state index is 13.7. The van der Waals surface area contributed by atoms with Gasteiger partial charge in [0.05, 0.1) is 33.4 Å². The van der Waals surface area contributed by atoms with Gasteiger partial charge in [0.2, 0.25) is 0 Å². The lowest BCUT2D eigenvalue weighted by Crippen LogP contribution is -2.39. The normalized spacial score (nSPS) is 11.6. The molecule has 12 heteroatoms. The average molecular weight is 634 g/mol. The molecule has 0 fully saturated rings. The molecule has 0 atom stereocenters. The van der Waals surface area contributed by atoms with Crippen molar-refractivity contribution >= 4 is 62.6 Å². The number of aromatic nitrogens is 1. The number of ether oxygens (including phenoxy) is 1. The van der Waals surface area contributed by atoms with E-state index in [0.717, 1.165) is 26.9 Å². The van der Waals surface area contributed by atoms with Gasteiger partial charge in [-0.1, -0.05) is 46.9 Å². The van der Waals surface area contributed by atoms with Crippen molar-refractivity contribution < 1.29 is 17.9 Å². The van der Waals surface area contributed by atoms with Gasteiger partial charge in [-0.15, -0.1) is 0 Å². The second kappa shape index (κ2) is 13.0. The molecule has 41 heavy (non-hydrogen) atoms. The predicted molar refractivity (Wildman–Crippen MR) is 165 cm³/mol. The summed E-state index contributed by atoms with van der Waals surface area (Å²) in [6.07, 6.45) is 1.50. The molecule has 0 aliphatic heterocycles. The predicted octanol–water partition coefficient (Wildman–Crippen LogP) is 6.80. The second-order valence-corrected chi connectivity index (χ2v) is 12.0. The number of hydrogen-bond acceptors (Lipinski definition) is 5. The molecule has 0 aliphatic rings. The number of para-hydroxylation sites is 2. The van der Waals surface area contributed by atoms with Crippen molar-refractivity contribution in [2.75, 3.05) is 17.5 Å². The van der Waals surface area contributed by atoms with Crippen molar-refractivity contribution in [2.24, 2.45) is 5.10 Å². The molecule has 214 valence electrons. The van der Waals surface area contributed by atoms with E-state index in [-0.39, 0.29) is 10.6 Å². The van der Waals surface area contributed by atoms with Crippen LogP contribution in [0.25, 0.3) is 5.69 Å². The molecule has 1 amide bonds. The fraction of sp³-hybridized carbons (Fsp3) is 0.172. The Hall–Kier alpha value is -3.50. The molecule has 0 saturated heterocycles. The van der Waals surface area contributed by atoms with Gasteiger partial charge in [0, 0.05) is 27.7 Å². The summed E-state index contributed by atoms with van der Waals surface area (Å²) in [5, 5.41) is 5.37.